The van der Waals surface area contributed by atoms with E-state index in [-0.39, 0.29) is 24.6 Å². The first-order chi connectivity index (χ1) is 13.3. The average molecular weight is 392 g/mol. The number of fused-ring (bicyclic) bond motifs is 1. The van der Waals surface area contributed by atoms with E-state index in [1.807, 2.05) is 20.8 Å². The van der Waals surface area contributed by atoms with Gasteiger partial charge in [-0.05, 0) is 38.5 Å². The Kier molecular flexibility index (Phi) is 6.07. The number of aliphatic imine (C=N–C) groups is 1. The summed E-state index contributed by atoms with van der Waals surface area (Å²) in [4.78, 5) is 20.8. The molecule has 0 aromatic heterocycles. The third-order valence-electron chi connectivity index (χ3n) is 4.72. The van der Waals surface area contributed by atoms with E-state index in [1.54, 1.807) is 24.1 Å². The van der Waals surface area contributed by atoms with Crippen molar-refractivity contribution in [2.75, 3.05) is 33.3 Å². The zero-order chi connectivity index (χ0) is 20.3. The molecule has 8 heteroatoms. The Morgan fingerprint density at radius 1 is 1.36 bits per heavy atom. The molecule has 28 heavy (non-hydrogen) atoms. The number of guanidine groups is 1. The fourth-order valence-corrected chi connectivity index (χ4v) is 3.41. The first-order valence-corrected chi connectivity index (χ1v) is 9.56. The van der Waals surface area contributed by atoms with Crippen molar-refractivity contribution >= 4 is 12.1 Å². The number of piperazine rings is 1. The Bertz CT molecular complexity index is 747. The lowest BCUT2D eigenvalue weighted by molar-refractivity contribution is 0.0137. The van der Waals surface area contributed by atoms with Crippen molar-refractivity contribution < 1.29 is 18.7 Å². The number of carbonyl (C=O) groups excluding carboxylic acids is 1. The van der Waals surface area contributed by atoms with Gasteiger partial charge in [0.15, 0.2) is 5.96 Å². The molecular weight excluding hydrogens is 363 g/mol. The number of hydrogen-bond acceptors (Lipinski definition) is 6. The minimum absolute atomic E-state index is 0.154. The maximum atomic E-state index is 13.7. The number of halogens is 1. The molecule has 1 N–H and O–H groups in total. The number of ether oxygens (including phenoxy) is 2. The van der Waals surface area contributed by atoms with Crippen LogP contribution in [-0.2, 0) is 22.6 Å². The van der Waals surface area contributed by atoms with Gasteiger partial charge >= 0.3 is 6.09 Å². The molecule has 1 aromatic rings. The second-order valence-corrected chi connectivity index (χ2v) is 8.15. The third-order valence-corrected chi connectivity index (χ3v) is 4.72. The number of amides is 1. The highest BCUT2D eigenvalue weighted by Crippen LogP contribution is 2.19. The molecule has 0 bridgehead atoms. The van der Waals surface area contributed by atoms with Gasteiger partial charge in [-0.2, -0.15) is 0 Å². The molecule has 1 saturated heterocycles. The van der Waals surface area contributed by atoms with Gasteiger partial charge in [0, 0.05) is 38.9 Å². The van der Waals surface area contributed by atoms with Crippen LogP contribution in [0.1, 0.15) is 31.9 Å². The summed E-state index contributed by atoms with van der Waals surface area (Å²) in [7, 11) is 1.55. The van der Waals surface area contributed by atoms with E-state index in [0.717, 1.165) is 11.5 Å². The number of carbonyl (C=O) groups is 1. The van der Waals surface area contributed by atoms with Crippen molar-refractivity contribution in [1.29, 1.82) is 0 Å². The highest BCUT2D eigenvalue weighted by molar-refractivity contribution is 5.82. The highest BCUT2D eigenvalue weighted by Gasteiger charge is 2.36. The third kappa shape index (κ3) is 4.92. The number of nitrogens with zero attached hydrogens (tertiary/aromatic N) is 3. The Balaban J connectivity index is 1.54. The minimum Gasteiger partial charge on any atom is -0.444 e. The summed E-state index contributed by atoms with van der Waals surface area (Å²) >= 11 is 0. The number of benzene rings is 1. The Hall–Kier alpha value is -2.35. The molecule has 3 rings (SSSR count). The van der Waals surface area contributed by atoms with Crippen LogP contribution in [0.3, 0.4) is 0 Å². The molecule has 2 heterocycles. The SMILES string of the molecule is COCc1cc(CNC2=NCC3CN(C(=O)OC(C)(C)C)CCN23)ccc1F. The van der Waals surface area contributed by atoms with Crippen LogP contribution in [-0.4, -0.2) is 66.8 Å². The van der Waals surface area contributed by atoms with Crippen molar-refractivity contribution in [3.05, 3.63) is 35.1 Å². The van der Waals surface area contributed by atoms with Crippen LogP contribution in [0.15, 0.2) is 23.2 Å². The smallest absolute Gasteiger partial charge is 0.410 e. The maximum Gasteiger partial charge on any atom is 0.410 e. The van der Waals surface area contributed by atoms with Gasteiger partial charge in [0.2, 0.25) is 0 Å². The maximum absolute atomic E-state index is 13.7. The summed E-state index contributed by atoms with van der Waals surface area (Å²) in [5.74, 6) is 0.564. The lowest BCUT2D eigenvalue weighted by atomic mass is 10.1. The molecule has 154 valence electrons. The Morgan fingerprint density at radius 2 is 2.14 bits per heavy atom. The Morgan fingerprint density at radius 3 is 2.86 bits per heavy atom. The second-order valence-electron chi connectivity index (χ2n) is 8.15. The van der Waals surface area contributed by atoms with E-state index >= 15 is 0 Å². The molecule has 1 atom stereocenters. The fraction of sp³-hybridized carbons (Fsp3) is 0.600. The summed E-state index contributed by atoms with van der Waals surface area (Å²) < 4.78 is 24.3. The van der Waals surface area contributed by atoms with Crippen molar-refractivity contribution in [2.45, 2.75) is 45.6 Å². The van der Waals surface area contributed by atoms with Gasteiger partial charge in [0.1, 0.15) is 11.4 Å². The standard InChI is InChI=1S/C20H29FN4O3/c1-20(2,3)28-19(26)24-7-8-25-16(12-24)11-23-18(25)22-10-14-5-6-17(21)15(9-14)13-27-4/h5-6,9,16H,7-8,10-13H2,1-4H3,(H,22,23). The van der Waals surface area contributed by atoms with Crippen LogP contribution in [0, 0.1) is 5.82 Å². The first-order valence-electron chi connectivity index (χ1n) is 9.56. The van der Waals surface area contributed by atoms with Crippen LogP contribution >= 0.6 is 0 Å². The largest absolute Gasteiger partial charge is 0.444 e. The molecule has 1 fully saturated rings. The highest BCUT2D eigenvalue weighted by atomic mass is 19.1. The van der Waals surface area contributed by atoms with E-state index in [4.69, 9.17) is 9.47 Å². The predicted molar refractivity (Wildman–Crippen MR) is 105 cm³/mol. The number of methoxy groups -OCH3 is 1. The predicted octanol–water partition coefficient (Wildman–Crippen LogP) is 2.35. The molecule has 2 aliphatic rings. The van der Waals surface area contributed by atoms with Crippen LogP contribution in [0.25, 0.3) is 0 Å². The molecule has 1 amide bonds. The molecule has 1 aromatic carbocycles. The second kappa shape index (κ2) is 8.34. The summed E-state index contributed by atoms with van der Waals surface area (Å²) in [5.41, 5.74) is 1.01. The van der Waals surface area contributed by atoms with E-state index in [0.29, 0.717) is 38.3 Å². The molecule has 1 unspecified atom stereocenters. The zero-order valence-corrected chi connectivity index (χ0v) is 17.0. The number of rotatable bonds is 4. The van der Waals surface area contributed by atoms with Crippen LogP contribution in [0.5, 0.6) is 0 Å². The van der Waals surface area contributed by atoms with Gasteiger partial charge in [0.25, 0.3) is 0 Å². The van der Waals surface area contributed by atoms with Crippen molar-refractivity contribution in [2.24, 2.45) is 4.99 Å². The monoisotopic (exact) mass is 392 g/mol. The van der Waals surface area contributed by atoms with Gasteiger partial charge in [-0.25, -0.2) is 9.18 Å². The molecular formula is C20H29FN4O3. The van der Waals surface area contributed by atoms with Crippen LogP contribution in [0.2, 0.25) is 0 Å². The molecule has 2 aliphatic heterocycles. The van der Waals surface area contributed by atoms with E-state index < -0.39 is 5.60 Å². The lowest BCUT2D eigenvalue weighted by Gasteiger charge is -2.39. The van der Waals surface area contributed by atoms with Crippen molar-refractivity contribution in [3.63, 3.8) is 0 Å². The molecule has 0 aliphatic carbocycles. The molecule has 7 nitrogen and oxygen atoms in total. The fourth-order valence-electron chi connectivity index (χ4n) is 3.41. The lowest BCUT2D eigenvalue weighted by Crippen LogP contribution is -2.57. The average Bonchev–Trinajstić information content (AvgIpc) is 3.03. The van der Waals surface area contributed by atoms with Gasteiger partial charge in [-0.1, -0.05) is 6.07 Å². The van der Waals surface area contributed by atoms with E-state index in [2.05, 4.69) is 15.2 Å². The number of hydrogen-bond donors (Lipinski definition) is 1. The van der Waals surface area contributed by atoms with Crippen molar-refractivity contribution in [3.8, 4) is 0 Å². The topological polar surface area (TPSA) is 66.4 Å². The van der Waals surface area contributed by atoms with Gasteiger partial charge in [-0.15, -0.1) is 0 Å². The quantitative estimate of drug-likeness (QED) is 0.852. The first kappa shape index (κ1) is 20.4. The summed E-state index contributed by atoms with van der Waals surface area (Å²) in [6.07, 6.45) is -0.273. The van der Waals surface area contributed by atoms with Crippen molar-refractivity contribution in [1.82, 2.24) is 15.1 Å². The number of nitrogens with one attached hydrogen (secondary N) is 1. The minimum atomic E-state index is -0.496. The van der Waals surface area contributed by atoms with Crippen LogP contribution < -0.4 is 5.32 Å². The summed E-state index contributed by atoms with van der Waals surface area (Å²) in [6.45, 7) is 8.94. The Labute approximate surface area is 165 Å². The normalized spacial score (nSPS) is 19.3. The van der Waals surface area contributed by atoms with Gasteiger partial charge in [-0.3, -0.25) is 4.99 Å². The summed E-state index contributed by atoms with van der Waals surface area (Å²) in [6, 6.07) is 5.18. The molecule has 0 spiro atoms. The summed E-state index contributed by atoms with van der Waals surface area (Å²) in [5, 5.41) is 3.35. The van der Waals surface area contributed by atoms with E-state index in [9.17, 15) is 9.18 Å². The molecule has 0 saturated carbocycles. The van der Waals surface area contributed by atoms with Gasteiger partial charge < -0.3 is 24.6 Å². The van der Waals surface area contributed by atoms with E-state index in [1.165, 1.54) is 6.07 Å². The molecule has 0 radical (unpaired) electrons. The van der Waals surface area contributed by atoms with Gasteiger partial charge in [0.05, 0.1) is 19.2 Å². The van der Waals surface area contributed by atoms with Crippen LogP contribution in [0.4, 0.5) is 9.18 Å². The zero-order valence-electron chi connectivity index (χ0n) is 17.0.